The Kier molecular flexibility index (Phi) is 4.30. The van der Waals surface area contributed by atoms with Crippen molar-refractivity contribution in [1.29, 1.82) is 0 Å². The van der Waals surface area contributed by atoms with Crippen molar-refractivity contribution in [1.82, 2.24) is 9.78 Å². The highest BCUT2D eigenvalue weighted by molar-refractivity contribution is 5.90. The summed E-state index contributed by atoms with van der Waals surface area (Å²) in [5, 5.41) is 15.4. The molecule has 0 radical (unpaired) electrons. The summed E-state index contributed by atoms with van der Waals surface area (Å²) in [6.07, 6.45) is 4.24. The van der Waals surface area contributed by atoms with E-state index < -0.39 is 0 Å². The van der Waals surface area contributed by atoms with E-state index in [-0.39, 0.29) is 18.6 Å². The zero-order valence-corrected chi connectivity index (χ0v) is 9.10. The maximum Gasteiger partial charge on any atom is 0.224 e. The highest BCUT2D eigenvalue weighted by Gasteiger charge is 2.05. The van der Waals surface area contributed by atoms with E-state index >= 15 is 0 Å². The Morgan fingerprint density at radius 1 is 1.67 bits per heavy atom. The van der Waals surface area contributed by atoms with Gasteiger partial charge in [-0.15, -0.1) is 0 Å². The number of anilines is 1. The molecule has 0 saturated carbocycles. The van der Waals surface area contributed by atoms with E-state index in [4.69, 9.17) is 5.11 Å². The SMILES string of the molecule is CC(C)n1cc(NC(=O)CCCO)cn1. The van der Waals surface area contributed by atoms with E-state index in [1.165, 1.54) is 0 Å². The largest absolute Gasteiger partial charge is 0.396 e. The van der Waals surface area contributed by atoms with Gasteiger partial charge in [0, 0.05) is 25.3 Å². The predicted octanol–water partition coefficient (Wildman–Crippen LogP) is 1.17. The first-order valence-electron chi connectivity index (χ1n) is 5.08. The summed E-state index contributed by atoms with van der Waals surface area (Å²) in [6.45, 7) is 4.08. The normalized spacial score (nSPS) is 10.7. The van der Waals surface area contributed by atoms with Crippen LogP contribution < -0.4 is 5.32 Å². The highest BCUT2D eigenvalue weighted by Crippen LogP contribution is 2.10. The fourth-order valence-corrected chi connectivity index (χ4v) is 1.15. The molecule has 0 unspecified atom stereocenters. The summed E-state index contributed by atoms with van der Waals surface area (Å²) in [7, 11) is 0. The summed E-state index contributed by atoms with van der Waals surface area (Å²) >= 11 is 0. The molecule has 0 bridgehead atoms. The average Bonchev–Trinajstić information content (AvgIpc) is 2.63. The van der Waals surface area contributed by atoms with Crippen LogP contribution in [0.5, 0.6) is 0 Å². The first-order chi connectivity index (χ1) is 7.13. The number of nitrogens with one attached hydrogen (secondary N) is 1. The van der Waals surface area contributed by atoms with Crippen LogP contribution in [0.15, 0.2) is 12.4 Å². The molecule has 0 atom stereocenters. The van der Waals surface area contributed by atoms with Gasteiger partial charge in [0.1, 0.15) is 0 Å². The molecule has 15 heavy (non-hydrogen) atoms. The summed E-state index contributed by atoms with van der Waals surface area (Å²) in [6, 6.07) is 0.285. The van der Waals surface area contributed by atoms with Crippen LogP contribution in [0.25, 0.3) is 0 Å². The second-order valence-corrected chi connectivity index (χ2v) is 3.68. The number of carbonyl (C=O) groups excluding carboxylic acids is 1. The molecule has 1 heterocycles. The molecule has 84 valence electrons. The van der Waals surface area contributed by atoms with E-state index in [1.807, 2.05) is 13.8 Å². The van der Waals surface area contributed by atoms with Crippen LogP contribution in [-0.4, -0.2) is 27.4 Å². The Hall–Kier alpha value is -1.36. The number of rotatable bonds is 5. The fraction of sp³-hybridized carbons (Fsp3) is 0.600. The Balaban J connectivity index is 2.46. The molecule has 1 aromatic rings. The van der Waals surface area contributed by atoms with Gasteiger partial charge >= 0.3 is 0 Å². The zero-order chi connectivity index (χ0) is 11.3. The molecular formula is C10H17N3O2. The van der Waals surface area contributed by atoms with Crippen molar-refractivity contribution in [2.24, 2.45) is 0 Å². The summed E-state index contributed by atoms with van der Waals surface area (Å²) in [4.78, 5) is 11.3. The third kappa shape index (κ3) is 3.71. The van der Waals surface area contributed by atoms with E-state index in [0.717, 1.165) is 0 Å². The number of aliphatic hydroxyl groups is 1. The van der Waals surface area contributed by atoms with Gasteiger partial charge in [0.25, 0.3) is 0 Å². The van der Waals surface area contributed by atoms with E-state index in [0.29, 0.717) is 18.5 Å². The van der Waals surface area contributed by atoms with Crippen LogP contribution >= 0.6 is 0 Å². The standard InChI is InChI=1S/C10H17N3O2/c1-8(2)13-7-9(6-11-13)12-10(15)4-3-5-14/h6-8,14H,3-5H2,1-2H3,(H,12,15). The van der Waals surface area contributed by atoms with Crippen LogP contribution in [0, 0.1) is 0 Å². The van der Waals surface area contributed by atoms with Crippen molar-refractivity contribution < 1.29 is 9.90 Å². The summed E-state index contributed by atoms with van der Waals surface area (Å²) in [5.41, 5.74) is 0.701. The summed E-state index contributed by atoms with van der Waals surface area (Å²) in [5.74, 6) is -0.0904. The molecule has 0 spiro atoms. The van der Waals surface area contributed by atoms with Crippen molar-refractivity contribution in [3.63, 3.8) is 0 Å². The van der Waals surface area contributed by atoms with Gasteiger partial charge in [-0.05, 0) is 20.3 Å². The van der Waals surface area contributed by atoms with Gasteiger partial charge in [-0.25, -0.2) is 0 Å². The Labute approximate surface area is 89.1 Å². The van der Waals surface area contributed by atoms with Crippen molar-refractivity contribution in [3.8, 4) is 0 Å². The lowest BCUT2D eigenvalue weighted by Crippen LogP contribution is -2.11. The van der Waals surface area contributed by atoms with Gasteiger partial charge in [0.05, 0.1) is 11.9 Å². The predicted molar refractivity (Wildman–Crippen MR) is 57.6 cm³/mol. The molecule has 0 fully saturated rings. The lowest BCUT2D eigenvalue weighted by atomic mass is 10.3. The Morgan fingerprint density at radius 2 is 2.40 bits per heavy atom. The van der Waals surface area contributed by atoms with Gasteiger partial charge in [-0.3, -0.25) is 9.48 Å². The number of nitrogens with zero attached hydrogens (tertiary/aromatic N) is 2. The van der Waals surface area contributed by atoms with Gasteiger partial charge < -0.3 is 10.4 Å². The van der Waals surface area contributed by atoms with Crippen molar-refractivity contribution in [3.05, 3.63) is 12.4 Å². The number of amides is 1. The second kappa shape index (κ2) is 5.50. The molecule has 2 N–H and O–H groups in total. The number of aliphatic hydroxyl groups excluding tert-OH is 1. The monoisotopic (exact) mass is 211 g/mol. The van der Waals surface area contributed by atoms with Gasteiger partial charge in [-0.2, -0.15) is 5.10 Å². The average molecular weight is 211 g/mol. The van der Waals surface area contributed by atoms with Crippen LogP contribution in [0.3, 0.4) is 0 Å². The smallest absolute Gasteiger partial charge is 0.224 e. The first-order valence-corrected chi connectivity index (χ1v) is 5.08. The minimum absolute atomic E-state index is 0.0404. The molecule has 5 nitrogen and oxygen atoms in total. The lowest BCUT2D eigenvalue weighted by molar-refractivity contribution is -0.116. The van der Waals surface area contributed by atoms with Crippen molar-refractivity contribution >= 4 is 11.6 Å². The number of hydrogen-bond acceptors (Lipinski definition) is 3. The molecular weight excluding hydrogens is 194 g/mol. The topological polar surface area (TPSA) is 67.2 Å². The molecule has 0 saturated heterocycles. The second-order valence-electron chi connectivity index (χ2n) is 3.68. The molecule has 0 aliphatic rings. The lowest BCUT2D eigenvalue weighted by Gasteiger charge is -2.03. The van der Waals surface area contributed by atoms with Gasteiger partial charge in [-0.1, -0.05) is 0 Å². The van der Waals surface area contributed by atoms with Gasteiger partial charge in [0.15, 0.2) is 0 Å². The summed E-state index contributed by atoms with van der Waals surface area (Å²) < 4.78 is 1.78. The number of carbonyl (C=O) groups is 1. The minimum Gasteiger partial charge on any atom is -0.396 e. The molecule has 0 aromatic carbocycles. The molecule has 1 aromatic heterocycles. The fourth-order valence-electron chi connectivity index (χ4n) is 1.15. The Bertz CT molecular complexity index is 320. The van der Waals surface area contributed by atoms with Crippen molar-refractivity contribution in [2.45, 2.75) is 32.7 Å². The highest BCUT2D eigenvalue weighted by atomic mass is 16.3. The maximum absolute atomic E-state index is 11.3. The van der Waals surface area contributed by atoms with E-state index in [9.17, 15) is 4.79 Å². The van der Waals surface area contributed by atoms with Crippen molar-refractivity contribution in [2.75, 3.05) is 11.9 Å². The van der Waals surface area contributed by atoms with Crippen LogP contribution in [0.2, 0.25) is 0 Å². The van der Waals surface area contributed by atoms with E-state index in [1.54, 1.807) is 17.1 Å². The van der Waals surface area contributed by atoms with Crippen LogP contribution in [-0.2, 0) is 4.79 Å². The molecule has 1 amide bonds. The maximum atomic E-state index is 11.3. The van der Waals surface area contributed by atoms with Gasteiger partial charge in [0.2, 0.25) is 5.91 Å². The van der Waals surface area contributed by atoms with Crippen LogP contribution in [0.4, 0.5) is 5.69 Å². The number of hydrogen-bond donors (Lipinski definition) is 2. The number of aromatic nitrogens is 2. The zero-order valence-electron chi connectivity index (χ0n) is 9.10. The Morgan fingerprint density at radius 3 is 2.93 bits per heavy atom. The third-order valence-electron chi connectivity index (χ3n) is 1.98. The third-order valence-corrected chi connectivity index (χ3v) is 1.98. The molecule has 0 aliphatic heterocycles. The minimum atomic E-state index is -0.0904. The molecule has 5 heteroatoms. The van der Waals surface area contributed by atoms with E-state index in [2.05, 4.69) is 10.4 Å². The molecule has 0 aliphatic carbocycles. The quantitative estimate of drug-likeness (QED) is 0.768. The van der Waals surface area contributed by atoms with Crippen LogP contribution in [0.1, 0.15) is 32.7 Å². The molecule has 1 rings (SSSR count). The first kappa shape index (κ1) is 11.7.